The number of pyridine rings is 1. The Morgan fingerprint density at radius 1 is 1.28 bits per heavy atom. The van der Waals surface area contributed by atoms with Gasteiger partial charge in [0.2, 0.25) is 5.88 Å². The maximum atomic E-state index is 12.8. The van der Waals surface area contributed by atoms with Crippen LogP contribution in [-0.2, 0) is 11.2 Å². The van der Waals surface area contributed by atoms with E-state index in [9.17, 15) is 9.90 Å². The smallest absolute Gasteiger partial charge is 0.320 e. The third-order valence-electron chi connectivity index (χ3n) is 5.69. The van der Waals surface area contributed by atoms with Crippen LogP contribution in [0.5, 0.6) is 0 Å². The molecule has 1 aromatic heterocycles. The van der Waals surface area contributed by atoms with Crippen LogP contribution < -0.4 is 21.2 Å². The highest BCUT2D eigenvalue weighted by Gasteiger charge is 2.41. The van der Waals surface area contributed by atoms with Crippen LogP contribution in [-0.4, -0.2) is 28.8 Å². The maximum Gasteiger partial charge on any atom is 0.320 e. The van der Waals surface area contributed by atoms with E-state index in [0.717, 1.165) is 34.7 Å². The molecule has 0 bridgehead atoms. The number of aliphatic hydroxyl groups is 1. The fraction of sp³-hybridized carbons (Fsp3) is 0.409. The van der Waals surface area contributed by atoms with Gasteiger partial charge in [-0.25, -0.2) is 14.8 Å². The molecule has 2 amide bonds. The lowest BCUT2D eigenvalue weighted by Crippen LogP contribution is -2.46. The number of aromatic nitrogens is 1. The van der Waals surface area contributed by atoms with E-state index in [2.05, 4.69) is 20.6 Å². The number of hydrogen-bond donors (Lipinski definition) is 3. The molecule has 3 N–H and O–H groups in total. The molecule has 1 aliphatic carbocycles. The van der Waals surface area contributed by atoms with Crippen molar-refractivity contribution in [3.05, 3.63) is 58.2 Å². The van der Waals surface area contributed by atoms with Gasteiger partial charge >= 0.3 is 6.03 Å². The van der Waals surface area contributed by atoms with Crippen LogP contribution in [0.15, 0.2) is 41.4 Å². The number of aryl methyl sites for hydroxylation is 1. The number of nitrogens with one attached hydrogen (secondary N) is 2. The summed E-state index contributed by atoms with van der Waals surface area (Å²) >= 11 is 0. The second-order valence-corrected chi connectivity index (χ2v) is 7.58. The van der Waals surface area contributed by atoms with Crippen LogP contribution in [0.4, 0.5) is 10.6 Å². The monoisotopic (exact) mass is 394 g/mol. The van der Waals surface area contributed by atoms with Crippen molar-refractivity contribution in [1.82, 2.24) is 10.3 Å². The average molecular weight is 394 g/mol. The van der Waals surface area contributed by atoms with Crippen LogP contribution in [0.3, 0.4) is 0 Å². The highest BCUT2D eigenvalue weighted by molar-refractivity contribution is 5.88. The van der Waals surface area contributed by atoms with Gasteiger partial charge in [0, 0.05) is 6.07 Å². The standard InChI is InChI=1S/C22H26N4O3/c1-3-15-18-16(24-20(18)29-2)13-17(23-15)25-21(27)26-19(14-9-5-4-6-10-14)22(28)11-7-8-12-22/h4-6,9-10,13,19,28H,3,7-8,11-12H2,1-2H3,(H2,23,25,26,27). The average Bonchev–Trinajstić information content (AvgIpc) is 3.15. The second kappa shape index (κ2) is 7.83. The SMILES string of the molecule is CCc1nc(NC(=O)NC(c2ccccc2)C2(O)CCCC2)cc2c1=C(OC)N=2. The molecule has 0 radical (unpaired) electrons. The normalized spacial score (nSPS) is 17.6. The molecular formula is C22H26N4O3. The summed E-state index contributed by atoms with van der Waals surface area (Å²) in [6, 6.07) is 10.5. The van der Waals surface area contributed by atoms with Crippen molar-refractivity contribution < 1.29 is 14.6 Å². The minimum Gasteiger partial charge on any atom is -0.480 e. The lowest BCUT2D eigenvalue weighted by atomic mass is 9.87. The third-order valence-corrected chi connectivity index (χ3v) is 5.69. The molecule has 1 aromatic carbocycles. The zero-order chi connectivity index (χ0) is 20.4. The summed E-state index contributed by atoms with van der Waals surface area (Å²) in [5.41, 5.74) is 0.776. The minimum absolute atomic E-state index is 0.399. The van der Waals surface area contributed by atoms with Gasteiger partial charge in [-0.1, -0.05) is 50.1 Å². The van der Waals surface area contributed by atoms with Crippen LogP contribution in [0.1, 0.15) is 49.9 Å². The van der Waals surface area contributed by atoms with E-state index in [1.54, 1.807) is 13.2 Å². The summed E-state index contributed by atoms with van der Waals surface area (Å²) in [6.07, 6.45) is 3.94. The van der Waals surface area contributed by atoms with Gasteiger partial charge in [0.15, 0.2) is 0 Å². The van der Waals surface area contributed by atoms with Gasteiger partial charge < -0.3 is 15.2 Å². The van der Waals surface area contributed by atoms with E-state index in [4.69, 9.17) is 4.74 Å². The maximum absolute atomic E-state index is 12.8. The lowest BCUT2D eigenvalue weighted by molar-refractivity contribution is 0.0113. The topological polar surface area (TPSA) is 95.8 Å². The molecule has 152 valence electrons. The predicted molar refractivity (Wildman–Crippen MR) is 110 cm³/mol. The van der Waals surface area contributed by atoms with Gasteiger partial charge in [-0.15, -0.1) is 0 Å². The number of ether oxygens (including phenoxy) is 1. The van der Waals surface area contributed by atoms with Crippen molar-refractivity contribution in [2.75, 3.05) is 12.4 Å². The summed E-state index contributed by atoms with van der Waals surface area (Å²) in [6.45, 7) is 2.00. The Morgan fingerprint density at radius 3 is 2.66 bits per heavy atom. The number of methoxy groups -OCH3 is 1. The number of hydrogen-bond acceptors (Lipinski definition) is 5. The van der Waals surface area contributed by atoms with Crippen molar-refractivity contribution >= 4 is 17.7 Å². The van der Waals surface area contributed by atoms with Crippen molar-refractivity contribution in [2.24, 2.45) is 4.99 Å². The summed E-state index contributed by atoms with van der Waals surface area (Å²) in [5, 5.41) is 18.6. The fourth-order valence-corrected chi connectivity index (χ4v) is 4.22. The number of benzene rings is 1. The number of urea groups is 1. The molecule has 1 atom stereocenters. The molecule has 2 heterocycles. The van der Waals surface area contributed by atoms with Gasteiger partial charge in [0.25, 0.3) is 0 Å². The van der Waals surface area contributed by atoms with E-state index < -0.39 is 17.7 Å². The second-order valence-electron chi connectivity index (χ2n) is 7.58. The Kier molecular flexibility index (Phi) is 5.24. The Morgan fingerprint density at radius 2 is 2.00 bits per heavy atom. The fourth-order valence-electron chi connectivity index (χ4n) is 4.22. The molecule has 2 aromatic rings. The summed E-state index contributed by atoms with van der Waals surface area (Å²) in [4.78, 5) is 21.6. The zero-order valence-electron chi connectivity index (χ0n) is 16.7. The van der Waals surface area contributed by atoms with Crippen molar-refractivity contribution in [2.45, 2.75) is 50.7 Å². The van der Waals surface area contributed by atoms with Gasteiger partial charge in [-0.3, -0.25) is 5.32 Å². The third kappa shape index (κ3) is 3.70. The van der Waals surface area contributed by atoms with Crippen molar-refractivity contribution in [1.29, 1.82) is 0 Å². The van der Waals surface area contributed by atoms with Crippen LogP contribution >= 0.6 is 0 Å². The number of nitrogens with zero attached hydrogens (tertiary/aromatic N) is 2. The quantitative estimate of drug-likeness (QED) is 0.700. The molecule has 1 saturated carbocycles. The van der Waals surface area contributed by atoms with Crippen LogP contribution in [0.2, 0.25) is 0 Å². The molecule has 2 aliphatic rings. The number of rotatable bonds is 6. The number of carbonyl (C=O) groups is 1. The highest BCUT2D eigenvalue weighted by Crippen LogP contribution is 2.39. The number of amides is 2. The first-order chi connectivity index (χ1) is 14.0. The number of fused-ring (bicyclic) bond motifs is 1. The molecule has 0 saturated heterocycles. The highest BCUT2D eigenvalue weighted by atomic mass is 16.5. The molecule has 1 fully saturated rings. The van der Waals surface area contributed by atoms with E-state index in [1.165, 1.54) is 0 Å². The predicted octanol–water partition coefficient (Wildman–Crippen LogP) is 2.16. The zero-order valence-corrected chi connectivity index (χ0v) is 16.7. The van der Waals surface area contributed by atoms with E-state index in [1.807, 2.05) is 37.3 Å². The molecule has 1 aliphatic heterocycles. The summed E-state index contributed by atoms with van der Waals surface area (Å²) in [7, 11) is 1.58. The summed E-state index contributed by atoms with van der Waals surface area (Å²) in [5.74, 6) is 1.01. The van der Waals surface area contributed by atoms with E-state index >= 15 is 0 Å². The first-order valence-corrected chi connectivity index (χ1v) is 10.1. The molecular weight excluding hydrogens is 368 g/mol. The molecule has 29 heavy (non-hydrogen) atoms. The summed E-state index contributed by atoms with van der Waals surface area (Å²) < 4.78 is 5.23. The molecule has 7 heteroatoms. The first-order valence-electron chi connectivity index (χ1n) is 10.1. The van der Waals surface area contributed by atoms with E-state index in [-0.39, 0.29) is 0 Å². The minimum atomic E-state index is -0.946. The number of anilines is 1. The van der Waals surface area contributed by atoms with Crippen LogP contribution in [0, 0.1) is 0 Å². The number of carbonyl (C=O) groups excluding carboxylic acids is 1. The van der Waals surface area contributed by atoms with Gasteiger partial charge in [0.05, 0.1) is 35.0 Å². The lowest BCUT2D eigenvalue weighted by Gasteiger charge is -2.33. The molecule has 4 rings (SSSR count). The van der Waals surface area contributed by atoms with Gasteiger partial charge in [-0.2, -0.15) is 0 Å². The van der Waals surface area contributed by atoms with Crippen molar-refractivity contribution in [3.63, 3.8) is 0 Å². The Balaban J connectivity index is 1.56. The molecule has 0 spiro atoms. The van der Waals surface area contributed by atoms with Crippen molar-refractivity contribution in [3.8, 4) is 0 Å². The van der Waals surface area contributed by atoms with E-state index in [0.29, 0.717) is 31.0 Å². The first kappa shape index (κ1) is 19.4. The van der Waals surface area contributed by atoms with Gasteiger partial charge in [-0.05, 0) is 24.8 Å². The Bertz CT molecular complexity index is 1030. The molecule has 7 nitrogen and oxygen atoms in total. The van der Waals surface area contributed by atoms with Gasteiger partial charge in [0.1, 0.15) is 5.82 Å². The Labute approximate surface area is 169 Å². The largest absolute Gasteiger partial charge is 0.480 e. The molecule has 1 unspecified atom stereocenters. The van der Waals surface area contributed by atoms with Crippen LogP contribution in [0.25, 0.3) is 5.88 Å². The Hall–Kier alpha value is -2.93.